The lowest BCUT2D eigenvalue weighted by atomic mass is 10.1. The van der Waals surface area contributed by atoms with E-state index in [0.29, 0.717) is 31.9 Å². The van der Waals surface area contributed by atoms with Gasteiger partial charge in [-0.15, -0.1) is 0 Å². The third-order valence-electron chi connectivity index (χ3n) is 4.08. The Bertz CT molecular complexity index is 593. The summed E-state index contributed by atoms with van der Waals surface area (Å²) in [4.78, 5) is 25.5. The van der Waals surface area contributed by atoms with Crippen LogP contribution in [0.15, 0.2) is 17.1 Å². The molecule has 1 aliphatic heterocycles. The van der Waals surface area contributed by atoms with Crippen LogP contribution in [0.1, 0.15) is 37.9 Å². The first kappa shape index (κ1) is 17.5. The summed E-state index contributed by atoms with van der Waals surface area (Å²) in [5.41, 5.74) is 0.127. The number of aromatic hydroxyl groups is 1. The van der Waals surface area contributed by atoms with E-state index in [9.17, 15) is 19.8 Å². The van der Waals surface area contributed by atoms with Gasteiger partial charge in [0.15, 0.2) is 5.75 Å². The Kier molecular flexibility index (Phi) is 6.18. The zero-order valence-corrected chi connectivity index (χ0v) is 13.4. The number of hydrogen-bond donors (Lipinski definition) is 2. The molecule has 0 spiro atoms. The molecule has 1 aromatic rings. The van der Waals surface area contributed by atoms with Gasteiger partial charge in [0.2, 0.25) is 5.43 Å². The van der Waals surface area contributed by atoms with Gasteiger partial charge in [0.25, 0.3) is 0 Å². The van der Waals surface area contributed by atoms with E-state index in [2.05, 4.69) is 4.90 Å². The molecule has 2 N–H and O–H groups in total. The van der Waals surface area contributed by atoms with Gasteiger partial charge in [-0.3, -0.25) is 9.69 Å². The number of unbranched alkanes of at least 4 members (excludes halogenated alkanes) is 1. The molecule has 2 heterocycles. The molecule has 1 unspecified atom stereocenters. The molecule has 2 rings (SSSR count). The third kappa shape index (κ3) is 4.56. The SMILES string of the molecule is CCCCC(C(=O)O)n1cc(O)c(=O)cc1CN1CCOCC1. The number of hydrogen-bond acceptors (Lipinski definition) is 5. The summed E-state index contributed by atoms with van der Waals surface area (Å²) in [5.74, 6) is -1.37. The predicted octanol–water partition coefficient (Wildman–Crippen LogP) is 1.20. The Balaban J connectivity index is 2.32. The Labute approximate surface area is 135 Å². The molecule has 1 aromatic heterocycles. The number of aliphatic carboxylic acids is 1. The summed E-state index contributed by atoms with van der Waals surface area (Å²) in [6, 6.07) is 0.560. The molecule has 7 nitrogen and oxygen atoms in total. The van der Waals surface area contributed by atoms with Crippen molar-refractivity contribution in [2.24, 2.45) is 0 Å². The highest BCUT2D eigenvalue weighted by atomic mass is 16.5. The van der Waals surface area contributed by atoms with Crippen LogP contribution in [0.5, 0.6) is 5.75 Å². The summed E-state index contributed by atoms with van der Waals surface area (Å²) < 4.78 is 6.84. The van der Waals surface area contributed by atoms with Gasteiger partial charge in [-0.2, -0.15) is 0 Å². The summed E-state index contributed by atoms with van der Waals surface area (Å²) in [6.45, 7) is 5.19. The van der Waals surface area contributed by atoms with Crippen LogP contribution in [0.4, 0.5) is 0 Å². The first-order valence-electron chi connectivity index (χ1n) is 8.00. The number of aromatic nitrogens is 1. The minimum atomic E-state index is -0.954. The summed E-state index contributed by atoms with van der Waals surface area (Å²) >= 11 is 0. The van der Waals surface area contributed by atoms with Crippen molar-refractivity contribution in [1.29, 1.82) is 0 Å². The lowest BCUT2D eigenvalue weighted by Crippen LogP contribution is -2.37. The number of rotatable bonds is 7. The van der Waals surface area contributed by atoms with Crippen molar-refractivity contribution in [3.05, 3.63) is 28.2 Å². The number of morpholine rings is 1. The van der Waals surface area contributed by atoms with Crippen LogP contribution in [0.25, 0.3) is 0 Å². The van der Waals surface area contributed by atoms with Gasteiger partial charge in [0.05, 0.1) is 19.4 Å². The second-order valence-corrected chi connectivity index (χ2v) is 5.81. The van der Waals surface area contributed by atoms with E-state index < -0.39 is 23.2 Å². The Morgan fingerprint density at radius 2 is 2.09 bits per heavy atom. The average Bonchev–Trinajstić information content (AvgIpc) is 2.53. The zero-order valence-electron chi connectivity index (χ0n) is 13.4. The zero-order chi connectivity index (χ0) is 16.8. The minimum Gasteiger partial charge on any atom is -0.503 e. The maximum atomic E-state index is 11.8. The molecule has 128 valence electrons. The van der Waals surface area contributed by atoms with E-state index in [1.165, 1.54) is 16.8 Å². The molecule has 0 radical (unpaired) electrons. The molecule has 1 aliphatic rings. The largest absolute Gasteiger partial charge is 0.503 e. The topological polar surface area (TPSA) is 92.0 Å². The van der Waals surface area contributed by atoms with Gasteiger partial charge in [-0.25, -0.2) is 4.79 Å². The highest BCUT2D eigenvalue weighted by molar-refractivity contribution is 5.72. The molecule has 0 saturated carbocycles. The van der Waals surface area contributed by atoms with E-state index in [-0.39, 0.29) is 0 Å². The van der Waals surface area contributed by atoms with Crippen molar-refractivity contribution < 1.29 is 19.7 Å². The van der Waals surface area contributed by atoms with Crippen LogP contribution in [-0.4, -0.2) is 52.0 Å². The first-order chi connectivity index (χ1) is 11.0. The highest BCUT2D eigenvalue weighted by Crippen LogP contribution is 2.21. The molecule has 1 fully saturated rings. The Morgan fingerprint density at radius 1 is 1.39 bits per heavy atom. The summed E-state index contributed by atoms with van der Waals surface area (Å²) in [7, 11) is 0. The van der Waals surface area contributed by atoms with Crippen molar-refractivity contribution in [3.63, 3.8) is 0 Å². The van der Waals surface area contributed by atoms with Crippen molar-refractivity contribution in [1.82, 2.24) is 9.47 Å². The molecule has 0 aromatic carbocycles. The second-order valence-electron chi connectivity index (χ2n) is 5.81. The quantitative estimate of drug-likeness (QED) is 0.783. The number of carboxylic acid groups (broad SMARTS) is 1. The minimum absolute atomic E-state index is 0.418. The van der Waals surface area contributed by atoms with Crippen LogP contribution in [0.3, 0.4) is 0 Å². The van der Waals surface area contributed by atoms with Crippen molar-refractivity contribution in [2.75, 3.05) is 26.3 Å². The monoisotopic (exact) mass is 324 g/mol. The van der Waals surface area contributed by atoms with Gasteiger partial charge in [0.1, 0.15) is 6.04 Å². The van der Waals surface area contributed by atoms with E-state index >= 15 is 0 Å². The molecule has 0 bridgehead atoms. The third-order valence-corrected chi connectivity index (χ3v) is 4.08. The van der Waals surface area contributed by atoms with Gasteiger partial charge in [-0.1, -0.05) is 19.8 Å². The normalized spacial score (nSPS) is 17.1. The highest BCUT2D eigenvalue weighted by Gasteiger charge is 2.23. The van der Waals surface area contributed by atoms with E-state index in [1.54, 1.807) is 0 Å². The first-order valence-corrected chi connectivity index (χ1v) is 8.00. The van der Waals surface area contributed by atoms with Crippen molar-refractivity contribution in [2.45, 2.75) is 38.8 Å². The maximum absolute atomic E-state index is 11.8. The van der Waals surface area contributed by atoms with Crippen molar-refractivity contribution >= 4 is 5.97 Å². The fraction of sp³-hybridized carbons (Fsp3) is 0.625. The van der Waals surface area contributed by atoms with Gasteiger partial charge in [0, 0.05) is 31.4 Å². The van der Waals surface area contributed by atoms with Gasteiger partial charge >= 0.3 is 5.97 Å². The lowest BCUT2D eigenvalue weighted by molar-refractivity contribution is -0.141. The average molecular weight is 324 g/mol. The molecule has 23 heavy (non-hydrogen) atoms. The van der Waals surface area contributed by atoms with E-state index in [0.717, 1.165) is 25.9 Å². The molecule has 1 atom stereocenters. The molecular weight excluding hydrogens is 300 g/mol. The second kappa shape index (κ2) is 8.12. The maximum Gasteiger partial charge on any atom is 0.326 e. The fourth-order valence-electron chi connectivity index (χ4n) is 2.76. The number of nitrogens with zero attached hydrogens (tertiary/aromatic N) is 2. The molecule has 7 heteroatoms. The van der Waals surface area contributed by atoms with Crippen LogP contribution in [0.2, 0.25) is 0 Å². The molecule has 0 aliphatic carbocycles. The van der Waals surface area contributed by atoms with Crippen LogP contribution < -0.4 is 5.43 Å². The number of ether oxygens (including phenoxy) is 1. The molecular formula is C16H24N2O5. The number of carboxylic acids is 1. The number of carbonyl (C=O) groups is 1. The standard InChI is InChI=1S/C16H24N2O5/c1-2-3-4-13(16(21)22)18-11-15(20)14(19)9-12(18)10-17-5-7-23-8-6-17/h9,11,13,20H,2-8,10H2,1H3,(H,21,22). The Morgan fingerprint density at radius 3 is 2.70 bits per heavy atom. The predicted molar refractivity (Wildman–Crippen MR) is 84.7 cm³/mol. The van der Waals surface area contributed by atoms with Crippen LogP contribution in [-0.2, 0) is 16.1 Å². The Hall–Kier alpha value is -1.86. The summed E-state index contributed by atoms with van der Waals surface area (Å²) in [5, 5.41) is 19.3. The van der Waals surface area contributed by atoms with E-state index in [4.69, 9.17) is 4.74 Å². The van der Waals surface area contributed by atoms with Gasteiger partial charge < -0.3 is 19.5 Å². The van der Waals surface area contributed by atoms with Gasteiger partial charge in [-0.05, 0) is 6.42 Å². The fourth-order valence-corrected chi connectivity index (χ4v) is 2.76. The molecule has 0 amide bonds. The smallest absolute Gasteiger partial charge is 0.326 e. The van der Waals surface area contributed by atoms with Crippen LogP contribution in [0, 0.1) is 0 Å². The number of pyridine rings is 1. The van der Waals surface area contributed by atoms with Crippen molar-refractivity contribution in [3.8, 4) is 5.75 Å². The van der Waals surface area contributed by atoms with Crippen LogP contribution >= 0.6 is 0 Å². The summed E-state index contributed by atoms with van der Waals surface area (Å²) in [6.07, 6.45) is 3.37. The molecule has 1 saturated heterocycles. The van der Waals surface area contributed by atoms with E-state index in [1.807, 2.05) is 6.92 Å². The lowest BCUT2D eigenvalue weighted by Gasteiger charge is -2.29.